The van der Waals surface area contributed by atoms with E-state index in [1.165, 1.54) is 0 Å². The van der Waals surface area contributed by atoms with E-state index in [0.29, 0.717) is 47.4 Å². The van der Waals surface area contributed by atoms with E-state index < -0.39 is 5.91 Å². The molecule has 0 bridgehead atoms. The molecular formula is C25H26N8O3. The molecular weight excluding hydrogens is 460 g/mol. The standard InChI is InChI=1S/C25H26N8O3/c1-3-27-25-29-13-19-21(31-25)32-11-5-8-18(32)14-33(24(19)35)17-7-4-6-16(12-17)23-30-20(15(2)36-23)22(34)28-10-9-26/h4,6-7,12-13,18H,3,5,8,10-11,14H2,1-2H3,(H,28,34)(H,27,29,31)/t18-/m0/s1. The third-order valence-electron chi connectivity index (χ3n) is 6.37. The molecule has 0 radical (unpaired) electrons. The van der Waals surface area contributed by atoms with Gasteiger partial charge in [-0.1, -0.05) is 6.07 Å². The number of nitrogens with zero attached hydrogens (tertiary/aromatic N) is 6. The molecule has 4 heterocycles. The number of carbonyl (C=O) groups is 2. The molecule has 0 saturated carbocycles. The van der Waals surface area contributed by atoms with Crippen molar-refractivity contribution in [1.82, 2.24) is 20.3 Å². The van der Waals surface area contributed by atoms with Gasteiger partial charge >= 0.3 is 0 Å². The molecule has 2 aliphatic heterocycles. The minimum atomic E-state index is -0.474. The van der Waals surface area contributed by atoms with Gasteiger partial charge in [0.05, 0.1) is 6.07 Å². The molecule has 1 atom stereocenters. The largest absolute Gasteiger partial charge is 0.441 e. The van der Waals surface area contributed by atoms with Crippen LogP contribution in [0.4, 0.5) is 17.5 Å². The number of nitrogens with one attached hydrogen (secondary N) is 2. The first-order valence-electron chi connectivity index (χ1n) is 11.9. The van der Waals surface area contributed by atoms with E-state index in [-0.39, 0.29) is 30.1 Å². The Morgan fingerprint density at radius 2 is 2.19 bits per heavy atom. The van der Waals surface area contributed by atoms with Crippen LogP contribution in [0, 0.1) is 18.3 Å². The van der Waals surface area contributed by atoms with Crippen molar-refractivity contribution in [2.24, 2.45) is 0 Å². The summed E-state index contributed by atoms with van der Waals surface area (Å²) < 4.78 is 5.76. The highest BCUT2D eigenvalue weighted by molar-refractivity contribution is 6.10. The number of benzene rings is 1. The number of rotatable bonds is 6. The number of hydrogen-bond acceptors (Lipinski definition) is 9. The van der Waals surface area contributed by atoms with Crippen LogP contribution < -0.4 is 20.4 Å². The average molecular weight is 487 g/mol. The Kier molecular flexibility index (Phi) is 6.25. The highest BCUT2D eigenvalue weighted by atomic mass is 16.4. The highest BCUT2D eigenvalue weighted by Gasteiger charge is 2.37. The van der Waals surface area contributed by atoms with Gasteiger partial charge < -0.3 is 24.9 Å². The summed E-state index contributed by atoms with van der Waals surface area (Å²) in [5.41, 5.74) is 1.92. The van der Waals surface area contributed by atoms with Gasteiger partial charge in [-0.15, -0.1) is 0 Å². The second kappa shape index (κ2) is 9.65. The molecule has 5 rings (SSSR count). The number of amides is 2. The van der Waals surface area contributed by atoms with Crippen molar-refractivity contribution in [3.63, 3.8) is 0 Å². The van der Waals surface area contributed by atoms with Gasteiger partial charge in [0.1, 0.15) is 23.7 Å². The molecule has 1 fully saturated rings. The van der Waals surface area contributed by atoms with E-state index in [0.717, 1.165) is 19.4 Å². The van der Waals surface area contributed by atoms with E-state index in [4.69, 9.17) is 9.68 Å². The number of fused-ring (bicyclic) bond motifs is 3. The van der Waals surface area contributed by atoms with Crippen molar-refractivity contribution >= 4 is 29.3 Å². The van der Waals surface area contributed by atoms with Crippen LogP contribution in [0.2, 0.25) is 0 Å². The SMILES string of the molecule is CCNc1ncc2c(n1)N1CCC[C@H]1CN(c1cccc(-c3nc(C(=O)NCC#N)c(C)o3)c1)C2=O. The molecule has 1 saturated heterocycles. The number of nitriles is 1. The van der Waals surface area contributed by atoms with Crippen molar-refractivity contribution in [2.75, 3.05) is 41.3 Å². The third kappa shape index (κ3) is 4.22. The van der Waals surface area contributed by atoms with Gasteiger partial charge in [-0.25, -0.2) is 9.97 Å². The van der Waals surface area contributed by atoms with E-state index >= 15 is 0 Å². The molecule has 184 valence electrons. The lowest BCUT2D eigenvalue weighted by atomic mass is 10.1. The minimum absolute atomic E-state index is 0.119. The molecule has 2 amide bonds. The maximum absolute atomic E-state index is 13.7. The lowest BCUT2D eigenvalue weighted by Crippen LogP contribution is -2.39. The van der Waals surface area contributed by atoms with Crippen LogP contribution in [0.25, 0.3) is 11.5 Å². The van der Waals surface area contributed by atoms with E-state index in [1.54, 1.807) is 18.0 Å². The maximum atomic E-state index is 13.7. The molecule has 0 aliphatic carbocycles. The predicted molar refractivity (Wildman–Crippen MR) is 133 cm³/mol. The summed E-state index contributed by atoms with van der Waals surface area (Å²) in [6.45, 7) is 5.55. The number of hydrogen-bond donors (Lipinski definition) is 2. The minimum Gasteiger partial charge on any atom is -0.441 e. The summed E-state index contributed by atoms with van der Waals surface area (Å²) in [7, 11) is 0. The van der Waals surface area contributed by atoms with Gasteiger partial charge in [0.25, 0.3) is 11.8 Å². The summed E-state index contributed by atoms with van der Waals surface area (Å²) in [6.07, 6.45) is 3.59. The van der Waals surface area contributed by atoms with Crippen molar-refractivity contribution < 1.29 is 14.0 Å². The molecule has 11 nitrogen and oxygen atoms in total. The molecule has 2 N–H and O–H groups in total. The summed E-state index contributed by atoms with van der Waals surface area (Å²) in [6, 6.07) is 9.36. The summed E-state index contributed by atoms with van der Waals surface area (Å²) in [5, 5.41) is 14.3. The molecule has 2 aliphatic rings. The number of aryl methyl sites for hydroxylation is 1. The second-order valence-electron chi connectivity index (χ2n) is 8.68. The topological polar surface area (TPSA) is 140 Å². The second-order valence-corrected chi connectivity index (χ2v) is 8.68. The molecule has 36 heavy (non-hydrogen) atoms. The smallest absolute Gasteiger partial charge is 0.274 e. The van der Waals surface area contributed by atoms with E-state index in [1.807, 2.05) is 37.3 Å². The zero-order chi connectivity index (χ0) is 25.2. The average Bonchev–Trinajstić information content (AvgIpc) is 3.49. The summed E-state index contributed by atoms with van der Waals surface area (Å²) in [4.78, 5) is 43.3. The normalized spacial score (nSPS) is 16.7. The quantitative estimate of drug-likeness (QED) is 0.503. The number of oxazole rings is 1. The fourth-order valence-electron chi connectivity index (χ4n) is 4.69. The van der Waals surface area contributed by atoms with Crippen molar-refractivity contribution in [2.45, 2.75) is 32.7 Å². The lowest BCUT2D eigenvalue weighted by Gasteiger charge is -2.27. The third-order valence-corrected chi connectivity index (χ3v) is 6.37. The fourth-order valence-corrected chi connectivity index (χ4v) is 4.69. The predicted octanol–water partition coefficient (Wildman–Crippen LogP) is 2.75. The van der Waals surface area contributed by atoms with Gasteiger partial charge in [-0.3, -0.25) is 9.59 Å². The zero-order valence-corrected chi connectivity index (χ0v) is 20.1. The highest BCUT2D eigenvalue weighted by Crippen LogP contribution is 2.35. The Morgan fingerprint density at radius 1 is 1.33 bits per heavy atom. The Balaban J connectivity index is 1.49. The van der Waals surface area contributed by atoms with E-state index in [9.17, 15) is 9.59 Å². The zero-order valence-electron chi connectivity index (χ0n) is 20.1. The number of aromatic nitrogens is 3. The van der Waals surface area contributed by atoms with Crippen LogP contribution in [0.3, 0.4) is 0 Å². The summed E-state index contributed by atoms with van der Waals surface area (Å²) >= 11 is 0. The monoisotopic (exact) mass is 486 g/mol. The van der Waals surface area contributed by atoms with Crippen molar-refractivity contribution in [1.29, 1.82) is 5.26 Å². The van der Waals surface area contributed by atoms with Gasteiger partial charge in [0, 0.05) is 43.1 Å². The Hall–Kier alpha value is -4.46. The number of anilines is 3. The van der Waals surface area contributed by atoms with Crippen LogP contribution in [-0.2, 0) is 0 Å². The van der Waals surface area contributed by atoms with Crippen LogP contribution in [0.5, 0.6) is 0 Å². The van der Waals surface area contributed by atoms with Gasteiger partial charge in [-0.2, -0.15) is 10.2 Å². The van der Waals surface area contributed by atoms with Crippen LogP contribution in [-0.4, -0.2) is 59.0 Å². The molecule has 3 aromatic rings. The van der Waals surface area contributed by atoms with Gasteiger partial charge in [0.2, 0.25) is 11.8 Å². The number of carbonyl (C=O) groups excluding carboxylic acids is 2. The first-order chi connectivity index (χ1) is 17.5. The van der Waals surface area contributed by atoms with Gasteiger partial charge in [0.15, 0.2) is 5.69 Å². The molecule has 2 aromatic heterocycles. The maximum Gasteiger partial charge on any atom is 0.274 e. The van der Waals surface area contributed by atoms with E-state index in [2.05, 4.69) is 30.5 Å². The molecule has 11 heteroatoms. The molecule has 0 unspecified atom stereocenters. The van der Waals surface area contributed by atoms with Crippen molar-refractivity contribution in [3.8, 4) is 17.5 Å². The lowest BCUT2D eigenvalue weighted by molar-refractivity contribution is 0.0951. The first-order valence-corrected chi connectivity index (χ1v) is 11.9. The van der Waals surface area contributed by atoms with Crippen LogP contribution >= 0.6 is 0 Å². The molecule has 1 aromatic carbocycles. The first kappa shape index (κ1) is 23.3. The Labute approximate surface area is 208 Å². The van der Waals surface area contributed by atoms with Crippen LogP contribution in [0.15, 0.2) is 34.9 Å². The molecule has 0 spiro atoms. The van der Waals surface area contributed by atoms with Crippen molar-refractivity contribution in [3.05, 3.63) is 47.5 Å². The summed E-state index contributed by atoms with van der Waals surface area (Å²) in [5.74, 6) is 1.15. The van der Waals surface area contributed by atoms with Crippen LogP contribution in [0.1, 0.15) is 46.4 Å². The fraction of sp³-hybridized carbons (Fsp3) is 0.360. The van der Waals surface area contributed by atoms with Gasteiger partial charge in [-0.05, 0) is 44.9 Å². The Morgan fingerprint density at radius 3 is 3.00 bits per heavy atom. The Bertz CT molecular complexity index is 1360.